The van der Waals surface area contributed by atoms with Crippen LogP contribution in [0.25, 0.3) is 0 Å². The fourth-order valence-electron chi connectivity index (χ4n) is 3.92. The molecular formula is C26H39N11Na2O10S2. The van der Waals surface area contributed by atoms with Crippen molar-refractivity contribution in [1.29, 1.82) is 0 Å². The van der Waals surface area contributed by atoms with E-state index in [1.54, 1.807) is 24.3 Å². The number of aliphatic hydroxyl groups is 4. The topological polar surface area (TPSA) is 307 Å². The van der Waals surface area contributed by atoms with Crippen molar-refractivity contribution in [1.82, 2.24) is 24.9 Å². The number of aromatic nitrogens is 5. The fourth-order valence-corrected chi connectivity index (χ4v) is 4.54. The summed E-state index contributed by atoms with van der Waals surface area (Å²) in [5.41, 5.74) is 0.930. The molecule has 1 aromatic carbocycles. The molecule has 3 aromatic rings. The van der Waals surface area contributed by atoms with Crippen LogP contribution in [-0.4, -0.2) is 127 Å². The van der Waals surface area contributed by atoms with Gasteiger partial charge in [-0.1, -0.05) is 20.1 Å². The molecule has 272 valence electrons. The van der Waals surface area contributed by atoms with E-state index in [0.717, 1.165) is 0 Å². The Morgan fingerprint density at radius 2 is 1.33 bits per heavy atom. The number of benzene rings is 1. The van der Waals surface area contributed by atoms with Gasteiger partial charge < -0.3 is 65.6 Å². The number of aliphatic hydroxyl groups excluding tert-OH is 4. The summed E-state index contributed by atoms with van der Waals surface area (Å²) in [5, 5.41) is 59.6. The van der Waals surface area contributed by atoms with Gasteiger partial charge >= 0.3 is 59.1 Å². The number of hydrogen-bond acceptors (Lipinski definition) is 21. The molecule has 2 heterocycles. The summed E-state index contributed by atoms with van der Waals surface area (Å²) in [7, 11) is -4.51. The van der Waals surface area contributed by atoms with Crippen LogP contribution in [0.15, 0.2) is 41.9 Å². The molecule has 0 saturated heterocycles. The molecule has 0 bridgehead atoms. The van der Waals surface area contributed by atoms with Crippen molar-refractivity contribution in [2.75, 3.05) is 96.0 Å². The Labute approximate surface area is 341 Å². The third kappa shape index (κ3) is 16.9. The second-order valence-electron chi connectivity index (χ2n) is 9.46. The van der Waals surface area contributed by atoms with Gasteiger partial charge in [0.25, 0.3) is 0 Å². The van der Waals surface area contributed by atoms with Crippen molar-refractivity contribution in [2.45, 2.75) is 7.43 Å². The predicted molar refractivity (Wildman–Crippen MR) is 179 cm³/mol. The summed E-state index contributed by atoms with van der Waals surface area (Å²) >= 11 is -2.41. The zero-order valence-electron chi connectivity index (χ0n) is 27.4. The largest absolute Gasteiger partial charge is 1.00 e. The first-order valence-electron chi connectivity index (χ1n) is 14.1. The summed E-state index contributed by atoms with van der Waals surface area (Å²) in [6, 6.07) is 8.11. The first-order chi connectivity index (χ1) is 23.0. The molecule has 21 nitrogen and oxygen atoms in total. The molecule has 3 rings (SSSR count). The smallest absolute Gasteiger partial charge is 0.748 e. The Hall–Kier alpha value is -2.33. The first-order valence-corrected chi connectivity index (χ1v) is 16.7. The normalized spacial score (nSPS) is 11.2. The molecule has 0 aliphatic heterocycles. The summed E-state index contributed by atoms with van der Waals surface area (Å²) in [5.74, 6) is -0.420. The number of nitrogens with one attached hydrogen (secondary N) is 4. The SMILES string of the molecule is C.C=C(Nc1cc(Nc2cccc(Nc3nc(NCCS(=O)(=O)[O-])nc(N(CCO)CCO)n3)c2)nc(N(CCO)CCO)n1)S(=O)O[O-].[Na+].[Na+]. The summed E-state index contributed by atoms with van der Waals surface area (Å²) < 4.78 is 48.5. The standard InChI is InChI=1S/C25H37N11O10S2.CH4.2Na/c1-17(47(42)46-41)27-20-16-21(31-24(30-20)35(6-10-37)7-11-38)28-18-3-2-4-19(15-18)29-23-32-22(26-5-14-48(43,44)45)33-25(34-23)36(8-12-39)9-13-40;;;/h2-4,15-16,37-41H,1,5-14H2,(H,43,44,45)(H2,27,28,30,31)(H2,26,29,32,33,34);1H4;;/q;;2*+1/p-2. The third-order valence-electron chi connectivity index (χ3n) is 5.94. The van der Waals surface area contributed by atoms with Gasteiger partial charge in [-0.3, -0.25) is 0 Å². The van der Waals surface area contributed by atoms with E-state index in [0.29, 0.717) is 11.4 Å². The van der Waals surface area contributed by atoms with Gasteiger partial charge in [0.05, 0.1) is 42.3 Å². The Kier molecular flexibility index (Phi) is 23.7. The van der Waals surface area contributed by atoms with Gasteiger partial charge in [-0.15, -0.1) is 0 Å². The molecule has 0 aliphatic rings. The van der Waals surface area contributed by atoms with E-state index in [1.807, 2.05) is 0 Å². The number of anilines is 8. The molecular weight excluding hydrogens is 736 g/mol. The average Bonchev–Trinajstić information content (AvgIpc) is 3.03. The second kappa shape index (κ2) is 24.8. The van der Waals surface area contributed by atoms with Gasteiger partial charge in [0.2, 0.25) is 23.8 Å². The van der Waals surface area contributed by atoms with Crippen molar-refractivity contribution in [3.05, 3.63) is 41.9 Å². The van der Waals surface area contributed by atoms with Gasteiger partial charge in [-0.25, -0.2) is 12.6 Å². The van der Waals surface area contributed by atoms with Crippen molar-refractivity contribution >= 4 is 68.0 Å². The molecule has 1 unspecified atom stereocenters. The van der Waals surface area contributed by atoms with Crippen molar-refractivity contribution < 1.29 is 106 Å². The van der Waals surface area contributed by atoms with E-state index in [1.165, 1.54) is 15.9 Å². The summed E-state index contributed by atoms with van der Waals surface area (Å²) in [6.45, 7) is 2.38. The van der Waals surface area contributed by atoms with Gasteiger partial charge in [-0.2, -0.15) is 24.9 Å². The minimum absolute atomic E-state index is 0. The van der Waals surface area contributed by atoms with Gasteiger partial charge in [0.1, 0.15) is 16.7 Å². The Bertz CT molecular complexity index is 1640. The first kappa shape index (κ1) is 48.7. The Balaban J connectivity index is 0.00000833. The number of rotatable bonds is 22. The molecule has 0 aliphatic carbocycles. The fraction of sp³-hybridized carbons (Fsp3) is 0.423. The van der Waals surface area contributed by atoms with Crippen LogP contribution < -0.4 is 95.4 Å². The van der Waals surface area contributed by atoms with Crippen LogP contribution in [0, 0.1) is 0 Å². The van der Waals surface area contributed by atoms with Crippen LogP contribution in [0.2, 0.25) is 0 Å². The molecule has 8 N–H and O–H groups in total. The molecule has 0 spiro atoms. The summed E-state index contributed by atoms with van der Waals surface area (Å²) in [4.78, 5) is 24.5. The molecule has 1 atom stereocenters. The van der Waals surface area contributed by atoms with Crippen LogP contribution in [0.4, 0.5) is 46.8 Å². The molecule has 0 amide bonds. The molecule has 0 fully saturated rings. The van der Waals surface area contributed by atoms with Crippen LogP contribution >= 0.6 is 0 Å². The van der Waals surface area contributed by atoms with E-state index in [9.17, 15) is 42.9 Å². The Morgan fingerprint density at radius 3 is 1.86 bits per heavy atom. The Morgan fingerprint density at radius 1 is 0.824 bits per heavy atom. The minimum atomic E-state index is -4.51. The van der Waals surface area contributed by atoms with Gasteiger partial charge in [0.15, 0.2) is 11.1 Å². The van der Waals surface area contributed by atoms with Crippen LogP contribution in [0.3, 0.4) is 0 Å². The van der Waals surface area contributed by atoms with E-state index in [4.69, 9.17) is 0 Å². The maximum Gasteiger partial charge on any atom is 1.00 e. The number of hydrogen-bond donors (Lipinski definition) is 8. The second-order valence-corrected chi connectivity index (χ2v) is 12.1. The maximum atomic E-state index is 11.7. The van der Waals surface area contributed by atoms with E-state index in [2.05, 4.69) is 57.1 Å². The molecule has 51 heavy (non-hydrogen) atoms. The van der Waals surface area contributed by atoms with Crippen LogP contribution in [-0.2, 0) is 25.5 Å². The van der Waals surface area contributed by atoms with Crippen LogP contribution in [0.5, 0.6) is 0 Å². The van der Waals surface area contributed by atoms with Crippen molar-refractivity contribution in [3.63, 3.8) is 0 Å². The molecule has 2 aromatic heterocycles. The van der Waals surface area contributed by atoms with E-state index < -0.39 is 27.0 Å². The summed E-state index contributed by atoms with van der Waals surface area (Å²) in [6.07, 6.45) is 0. The van der Waals surface area contributed by atoms with Gasteiger partial charge in [0, 0.05) is 50.2 Å². The molecule has 0 radical (unpaired) electrons. The predicted octanol–water partition coefficient (Wildman–Crippen LogP) is -7.83. The van der Waals surface area contributed by atoms with Crippen molar-refractivity contribution in [2.24, 2.45) is 0 Å². The quantitative estimate of drug-likeness (QED) is 0.0203. The zero-order chi connectivity index (χ0) is 35.1. The van der Waals surface area contributed by atoms with E-state index in [-0.39, 0.29) is 166 Å². The van der Waals surface area contributed by atoms with Crippen molar-refractivity contribution in [3.8, 4) is 0 Å². The van der Waals surface area contributed by atoms with E-state index >= 15 is 0 Å². The maximum absolute atomic E-state index is 11.7. The third-order valence-corrected chi connectivity index (χ3v) is 7.27. The molecule has 25 heteroatoms. The number of nitrogens with zero attached hydrogens (tertiary/aromatic N) is 7. The van der Waals surface area contributed by atoms with Crippen LogP contribution in [0.1, 0.15) is 7.43 Å². The average molecular weight is 776 g/mol. The minimum Gasteiger partial charge on any atom is -0.748 e. The van der Waals surface area contributed by atoms with Gasteiger partial charge in [-0.05, 0) is 18.2 Å². The molecule has 0 saturated carbocycles. The zero-order valence-corrected chi connectivity index (χ0v) is 33.0. The monoisotopic (exact) mass is 775 g/mol.